The standard InChI is InChI=1S/C23H32F3N3O2/c1-15(2)22(8-5-20(12-22)28-19-6-9-31-10-7-19)21(30)29-14-16-3-4-18(23(24,25)26)11-17(16)13-27-29/h3-4,11,15,19-20,27-28H,5-10,12-14H2,1-2H3/t20-,22+/m1/s1. The fraction of sp³-hybridized carbons (Fsp3) is 0.696. The SMILES string of the molecule is CC(C)[C@]1(C(=O)N2Cc3ccc(C(F)(F)F)cc3CN2)CC[C@@H](NC2CCOCC2)C1. The molecule has 1 aromatic rings. The fourth-order valence-corrected chi connectivity index (χ4v) is 5.32. The number of ether oxygens (including phenoxy) is 1. The van der Waals surface area contributed by atoms with Crippen molar-refractivity contribution in [3.8, 4) is 0 Å². The predicted molar refractivity (Wildman–Crippen MR) is 111 cm³/mol. The minimum Gasteiger partial charge on any atom is -0.381 e. The molecule has 5 nitrogen and oxygen atoms in total. The van der Waals surface area contributed by atoms with Crippen LogP contribution in [0.3, 0.4) is 0 Å². The highest BCUT2D eigenvalue weighted by atomic mass is 19.4. The number of fused-ring (bicyclic) bond motifs is 1. The van der Waals surface area contributed by atoms with Crippen molar-refractivity contribution in [2.75, 3.05) is 13.2 Å². The molecule has 2 fully saturated rings. The van der Waals surface area contributed by atoms with Crippen LogP contribution in [0, 0.1) is 11.3 Å². The summed E-state index contributed by atoms with van der Waals surface area (Å²) in [5.74, 6) is 0.238. The monoisotopic (exact) mass is 439 g/mol. The Morgan fingerprint density at radius 2 is 1.94 bits per heavy atom. The quantitative estimate of drug-likeness (QED) is 0.744. The highest BCUT2D eigenvalue weighted by Gasteiger charge is 2.50. The third-order valence-electron chi connectivity index (χ3n) is 7.34. The zero-order valence-electron chi connectivity index (χ0n) is 18.2. The molecule has 2 aliphatic heterocycles. The van der Waals surface area contributed by atoms with E-state index >= 15 is 0 Å². The molecule has 4 rings (SSSR count). The third-order valence-corrected chi connectivity index (χ3v) is 7.34. The van der Waals surface area contributed by atoms with Gasteiger partial charge in [-0.3, -0.25) is 9.80 Å². The zero-order chi connectivity index (χ0) is 22.2. The lowest BCUT2D eigenvalue weighted by atomic mass is 9.74. The summed E-state index contributed by atoms with van der Waals surface area (Å²) < 4.78 is 44.5. The van der Waals surface area contributed by atoms with Gasteiger partial charge in [0.25, 0.3) is 0 Å². The second kappa shape index (κ2) is 8.71. The van der Waals surface area contributed by atoms with Crippen molar-refractivity contribution >= 4 is 5.91 Å². The van der Waals surface area contributed by atoms with E-state index in [1.54, 1.807) is 5.01 Å². The molecular weight excluding hydrogens is 407 g/mol. The lowest BCUT2D eigenvalue weighted by Crippen LogP contribution is -2.53. The van der Waals surface area contributed by atoms with Crippen LogP contribution in [-0.2, 0) is 28.8 Å². The summed E-state index contributed by atoms with van der Waals surface area (Å²) in [6.07, 6.45) is 0.217. The fourth-order valence-electron chi connectivity index (χ4n) is 5.32. The normalized spacial score (nSPS) is 27.5. The van der Waals surface area contributed by atoms with Gasteiger partial charge in [-0.05, 0) is 61.3 Å². The maximum absolute atomic E-state index is 13.7. The van der Waals surface area contributed by atoms with E-state index in [-0.39, 0.29) is 18.4 Å². The number of carbonyl (C=O) groups excluding carboxylic acids is 1. The van der Waals surface area contributed by atoms with E-state index in [9.17, 15) is 18.0 Å². The first-order valence-electron chi connectivity index (χ1n) is 11.3. The maximum atomic E-state index is 13.7. The van der Waals surface area contributed by atoms with Gasteiger partial charge >= 0.3 is 6.18 Å². The van der Waals surface area contributed by atoms with Gasteiger partial charge in [-0.15, -0.1) is 0 Å². The Hall–Kier alpha value is -1.64. The minimum absolute atomic E-state index is 0.0596. The highest BCUT2D eigenvalue weighted by Crippen LogP contribution is 2.46. The van der Waals surface area contributed by atoms with E-state index in [4.69, 9.17) is 4.74 Å². The molecule has 0 bridgehead atoms. The number of hydrogen-bond donors (Lipinski definition) is 2. The number of hydrazine groups is 1. The van der Waals surface area contributed by atoms with Crippen LogP contribution in [-0.4, -0.2) is 36.2 Å². The molecule has 172 valence electrons. The minimum atomic E-state index is -4.36. The molecule has 0 unspecified atom stereocenters. The lowest BCUT2D eigenvalue weighted by molar-refractivity contribution is -0.150. The smallest absolute Gasteiger partial charge is 0.381 e. The van der Waals surface area contributed by atoms with E-state index < -0.39 is 17.2 Å². The summed E-state index contributed by atoms with van der Waals surface area (Å²) in [6.45, 7) is 6.28. The first kappa shape index (κ1) is 22.6. The van der Waals surface area contributed by atoms with Gasteiger partial charge in [0.1, 0.15) is 0 Å². The van der Waals surface area contributed by atoms with Crippen LogP contribution in [0.1, 0.15) is 62.6 Å². The molecule has 2 heterocycles. The van der Waals surface area contributed by atoms with Crippen molar-refractivity contribution in [1.29, 1.82) is 0 Å². The number of benzene rings is 1. The molecule has 1 aliphatic carbocycles. The van der Waals surface area contributed by atoms with Crippen molar-refractivity contribution in [2.24, 2.45) is 11.3 Å². The molecule has 0 spiro atoms. The average molecular weight is 440 g/mol. The van der Waals surface area contributed by atoms with Gasteiger partial charge in [-0.2, -0.15) is 13.2 Å². The average Bonchev–Trinajstić information content (AvgIpc) is 3.17. The van der Waals surface area contributed by atoms with Gasteiger partial charge in [0.2, 0.25) is 5.91 Å². The second-order valence-corrected chi connectivity index (χ2v) is 9.51. The number of halogens is 3. The summed E-state index contributed by atoms with van der Waals surface area (Å²) in [7, 11) is 0. The Morgan fingerprint density at radius 3 is 2.61 bits per heavy atom. The van der Waals surface area contributed by atoms with Crippen molar-refractivity contribution in [3.63, 3.8) is 0 Å². The van der Waals surface area contributed by atoms with Crippen LogP contribution < -0.4 is 10.7 Å². The highest BCUT2D eigenvalue weighted by molar-refractivity contribution is 5.83. The van der Waals surface area contributed by atoms with Gasteiger partial charge in [-0.25, -0.2) is 5.43 Å². The van der Waals surface area contributed by atoms with Crippen molar-refractivity contribution in [1.82, 2.24) is 15.8 Å². The summed E-state index contributed by atoms with van der Waals surface area (Å²) >= 11 is 0. The van der Waals surface area contributed by atoms with E-state index in [1.807, 2.05) is 0 Å². The molecule has 8 heteroatoms. The Bertz CT molecular complexity index is 808. The number of nitrogens with one attached hydrogen (secondary N) is 2. The Kier molecular flexibility index (Phi) is 6.34. The summed E-state index contributed by atoms with van der Waals surface area (Å²) in [5.41, 5.74) is 3.35. The van der Waals surface area contributed by atoms with Crippen LogP contribution in [0.4, 0.5) is 13.2 Å². The molecule has 1 saturated heterocycles. The van der Waals surface area contributed by atoms with E-state index in [0.29, 0.717) is 24.2 Å². The van der Waals surface area contributed by atoms with Crippen LogP contribution in [0.25, 0.3) is 0 Å². The number of carbonyl (C=O) groups is 1. The summed E-state index contributed by atoms with van der Waals surface area (Å²) in [6, 6.07) is 4.55. The van der Waals surface area contributed by atoms with Crippen LogP contribution in [0.5, 0.6) is 0 Å². The number of amides is 1. The maximum Gasteiger partial charge on any atom is 0.416 e. The van der Waals surface area contributed by atoms with E-state index in [2.05, 4.69) is 24.6 Å². The molecule has 31 heavy (non-hydrogen) atoms. The molecule has 0 aromatic heterocycles. The van der Waals surface area contributed by atoms with Crippen molar-refractivity contribution in [2.45, 2.75) is 77.3 Å². The molecule has 2 N–H and O–H groups in total. The summed E-state index contributed by atoms with van der Waals surface area (Å²) in [5, 5.41) is 5.37. The molecule has 0 radical (unpaired) electrons. The summed E-state index contributed by atoms with van der Waals surface area (Å²) in [4.78, 5) is 13.7. The predicted octanol–water partition coefficient (Wildman–Crippen LogP) is 4.02. The van der Waals surface area contributed by atoms with Gasteiger partial charge in [0, 0.05) is 31.8 Å². The van der Waals surface area contributed by atoms with E-state index in [1.165, 1.54) is 12.1 Å². The Balaban J connectivity index is 1.46. The van der Waals surface area contributed by atoms with Gasteiger partial charge in [0.05, 0.1) is 17.5 Å². The first-order valence-corrected chi connectivity index (χ1v) is 11.3. The van der Waals surface area contributed by atoms with Crippen molar-refractivity contribution in [3.05, 3.63) is 34.9 Å². The third kappa shape index (κ3) is 4.61. The number of nitrogens with zero attached hydrogens (tertiary/aromatic N) is 1. The molecule has 2 atom stereocenters. The molecule has 1 amide bonds. The zero-order valence-corrected chi connectivity index (χ0v) is 18.2. The largest absolute Gasteiger partial charge is 0.416 e. The van der Waals surface area contributed by atoms with Crippen LogP contribution >= 0.6 is 0 Å². The first-order chi connectivity index (χ1) is 14.7. The van der Waals surface area contributed by atoms with E-state index in [0.717, 1.165) is 56.9 Å². The van der Waals surface area contributed by atoms with Crippen LogP contribution in [0.2, 0.25) is 0 Å². The number of hydrogen-bond acceptors (Lipinski definition) is 4. The molecule has 1 saturated carbocycles. The van der Waals surface area contributed by atoms with Gasteiger partial charge in [-0.1, -0.05) is 19.9 Å². The Labute approximate surface area is 181 Å². The van der Waals surface area contributed by atoms with Crippen LogP contribution in [0.15, 0.2) is 18.2 Å². The van der Waals surface area contributed by atoms with Gasteiger partial charge < -0.3 is 10.1 Å². The van der Waals surface area contributed by atoms with Gasteiger partial charge in [0.15, 0.2) is 0 Å². The molecule has 1 aromatic carbocycles. The Morgan fingerprint density at radius 1 is 1.19 bits per heavy atom. The number of alkyl halides is 3. The number of rotatable bonds is 4. The topological polar surface area (TPSA) is 53.6 Å². The lowest BCUT2D eigenvalue weighted by Gasteiger charge is -2.40. The van der Waals surface area contributed by atoms with Crippen molar-refractivity contribution < 1.29 is 22.7 Å². The molecule has 3 aliphatic rings. The molecular formula is C23H32F3N3O2. The second-order valence-electron chi connectivity index (χ2n) is 9.51.